The van der Waals surface area contributed by atoms with Crippen molar-refractivity contribution in [1.29, 1.82) is 5.26 Å². The highest BCUT2D eigenvalue weighted by atomic mass is 19.1. The van der Waals surface area contributed by atoms with Crippen LogP contribution in [0.2, 0.25) is 0 Å². The maximum absolute atomic E-state index is 13.8. The van der Waals surface area contributed by atoms with E-state index in [2.05, 4.69) is 9.97 Å². The Kier molecular flexibility index (Phi) is 3.96. The third-order valence-electron chi connectivity index (χ3n) is 3.87. The fraction of sp³-hybridized carbons (Fsp3) is 0.312. The lowest BCUT2D eigenvalue weighted by Gasteiger charge is -2.25. The molecule has 112 valence electrons. The number of hydrogen-bond donors (Lipinski definition) is 0. The summed E-state index contributed by atoms with van der Waals surface area (Å²) < 4.78 is 27.1. The van der Waals surface area contributed by atoms with E-state index in [1.165, 1.54) is 12.3 Å². The van der Waals surface area contributed by atoms with E-state index in [9.17, 15) is 8.78 Å². The summed E-state index contributed by atoms with van der Waals surface area (Å²) in [4.78, 5) is 10.3. The summed E-state index contributed by atoms with van der Waals surface area (Å²) in [5.41, 5.74) is 0.612. The number of nitriles is 1. The molecule has 0 bridgehead atoms. The molecule has 1 fully saturated rings. The maximum Gasteiger partial charge on any atom is 0.161 e. The third-order valence-corrected chi connectivity index (χ3v) is 3.87. The van der Waals surface area contributed by atoms with Crippen molar-refractivity contribution in [2.24, 2.45) is 0 Å². The van der Waals surface area contributed by atoms with Gasteiger partial charge in [-0.15, -0.1) is 0 Å². The summed E-state index contributed by atoms with van der Waals surface area (Å²) in [5, 5.41) is 8.91. The fourth-order valence-electron chi connectivity index (χ4n) is 2.85. The SMILES string of the molecule is N#Cc1cncc(N2CCC[C@H]2Cc2cc(F)ccc2F)n1. The second-order valence-electron chi connectivity index (χ2n) is 5.30. The van der Waals surface area contributed by atoms with Gasteiger partial charge < -0.3 is 4.90 Å². The van der Waals surface area contributed by atoms with Gasteiger partial charge in [-0.05, 0) is 43.0 Å². The van der Waals surface area contributed by atoms with Crippen molar-refractivity contribution in [3.63, 3.8) is 0 Å². The van der Waals surface area contributed by atoms with Gasteiger partial charge in [0.1, 0.15) is 23.5 Å². The maximum atomic E-state index is 13.8. The molecule has 2 aromatic rings. The van der Waals surface area contributed by atoms with Crippen LogP contribution < -0.4 is 4.90 Å². The van der Waals surface area contributed by atoms with Crippen LogP contribution in [0.5, 0.6) is 0 Å². The highest BCUT2D eigenvalue weighted by Gasteiger charge is 2.27. The van der Waals surface area contributed by atoms with Crippen LogP contribution in [0, 0.1) is 23.0 Å². The van der Waals surface area contributed by atoms with Crippen molar-refractivity contribution in [2.45, 2.75) is 25.3 Å². The van der Waals surface area contributed by atoms with Gasteiger partial charge in [0.25, 0.3) is 0 Å². The fourth-order valence-corrected chi connectivity index (χ4v) is 2.85. The van der Waals surface area contributed by atoms with Crippen molar-refractivity contribution < 1.29 is 8.78 Å². The Bertz CT molecular complexity index is 726. The first kappa shape index (κ1) is 14.4. The summed E-state index contributed by atoms with van der Waals surface area (Å²) >= 11 is 0. The normalized spacial score (nSPS) is 17.5. The number of nitrogens with zero attached hydrogens (tertiary/aromatic N) is 4. The lowest BCUT2D eigenvalue weighted by Crippen LogP contribution is -2.32. The molecule has 0 saturated carbocycles. The van der Waals surface area contributed by atoms with Crippen molar-refractivity contribution in [1.82, 2.24) is 9.97 Å². The van der Waals surface area contributed by atoms with Crippen LogP contribution in [0.4, 0.5) is 14.6 Å². The van der Waals surface area contributed by atoms with Crippen LogP contribution in [0.3, 0.4) is 0 Å². The van der Waals surface area contributed by atoms with E-state index >= 15 is 0 Å². The van der Waals surface area contributed by atoms with Crippen LogP contribution in [0.15, 0.2) is 30.6 Å². The number of benzene rings is 1. The van der Waals surface area contributed by atoms with Gasteiger partial charge in [0, 0.05) is 12.6 Å². The minimum atomic E-state index is -0.438. The molecule has 0 unspecified atom stereocenters. The molecule has 1 aromatic heterocycles. The topological polar surface area (TPSA) is 52.8 Å². The van der Waals surface area contributed by atoms with Crippen molar-refractivity contribution in [2.75, 3.05) is 11.4 Å². The van der Waals surface area contributed by atoms with Crippen LogP contribution >= 0.6 is 0 Å². The Labute approximate surface area is 127 Å². The zero-order chi connectivity index (χ0) is 15.5. The number of aromatic nitrogens is 2. The van der Waals surface area contributed by atoms with Crippen LogP contribution in [-0.2, 0) is 6.42 Å². The highest BCUT2D eigenvalue weighted by Crippen LogP contribution is 2.27. The molecule has 1 saturated heterocycles. The van der Waals surface area contributed by atoms with Gasteiger partial charge in [-0.25, -0.2) is 13.8 Å². The molecule has 0 amide bonds. The first-order valence-electron chi connectivity index (χ1n) is 7.10. The summed E-state index contributed by atoms with van der Waals surface area (Å²) in [6.45, 7) is 0.769. The Morgan fingerprint density at radius 1 is 1.32 bits per heavy atom. The van der Waals surface area contributed by atoms with E-state index in [0.29, 0.717) is 17.8 Å². The number of hydrogen-bond acceptors (Lipinski definition) is 4. The molecule has 6 heteroatoms. The zero-order valence-electron chi connectivity index (χ0n) is 11.8. The molecule has 2 heterocycles. The Morgan fingerprint density at radius 3 is 3.00 bits per heavy atom. The highest BCUT2D eigenvalue weighted by molar-refractivity contribution is 5.41. The summed E-state index contributed by atoms with van der Waals surface area (Å²) in [6, 6.07) is 5.50. The summed E-state index contributed by atoms with van der Waals surface area (Å²) in [6.07, 6.45) is 5.22. The molecule has 1 aromatic carbocycles. The predicted molar refractivity (Wildman–Crippen MR) is 77.2 cm³/mol. The van der Waals surface area contributed by atoms with Gasteiger partial charge in [0.05, 0.1) is 12.4 Å². The number of rotatable bonds is 3. The van der Waals surface area contributed by atoms with E-state index in [4.69, 9.17) is 5.26 Å². The van der Waals surface area contributed by atoms with Gasteiger partial charge in [-0.1, -0.05) is 0 Å². The molecule has 1 atom stereocenters. The van der Waals surface area contributed by atoms with Gasteiger partial charge in [0.15, 0.2) is 5.69 Å². The van der Waals surface area contributed by atoms with Crippen molar-refractivity contribution >= 4 is 5.82 Å². The lowest BCUT2D eigenvalue weighted by atomic mass is 10.0. The smallest absolute Gasteiger partial charge is 0.161 e. The third kappa shape index (κ3) is 2.89. The molecule has 0 spiro atoms. The van der Waals surface area contributed by atoms with Gasteiger partial charge >= 0.3 is 0 Å². The first-order valence-corrected chi connectivity index (χ1v) is 7.10. The number of halogens is 2. The molecule has 22 heavy (non-hydrogen) atoms. The van der Waals surface area contributed by atoms with E-state index in [-0.39, 0.29) is 11.7 Å². The predicted octanol–water partition coefficient (Wildman–Crippen LogP) is 2.84. The van der Waals surface area contributed by atoms with Crippen molar-refractivity contribution in [3.05, 3.63) is 53.5 Å². The lowest BCUT2D eigenvalue weighted by molar-refractivity contribution is 0.565. The first-order chi connectivity index (χ1) is 10.7. The largest absolute Gasteiger partial charge is 0.352 e. The van der Waals surface area contributed by atoms with E-state index in [1.54, 1.807) is 6.20 Å². The monoisotopic (exact) mass is 300 g/mol. The van der Waals surface area contributed by atoms with Gasteiger partial charge in [-0.3, -0.25) is 4.98 Å². The number of anilines is 1. The second kappa shape index (κ2) is 6.06. The second-order valence-corrected chi connectivity index (χ2v) is 5.30. The average molecular weight is 300 g/mol. The van der Waals surface area contributed by atoms with Crippen molar-refractivity contribution in [3.8, 4) is 6.07 Å². The van der Waals surface area contributed by atoms with Crippen LogP contribution in [0.25, 0.3) is 0 Å². The minimum Gasteiger partial charge on any atom is -0.352 e. The van der Waals surface area contributed by atoms with E-state index in [0.717, 1.165) is 31.5 Å². The van der Waals surface area contributed by atoms with Gasteiger partial charge in [-0.2, -0.15) is 5.26 Å². The molecule has 1 aliphatic heterocycles. The standard InChI is InChI=1S/C16H14F2N4/c17-12-3-4-15(18)11(6-12)7-14-2-1-5-22(14)16-10-20-9-13(8-19)21-16/h3-4,6,9-10,14H,1-2,5,7H2/t14-/m0/s1. The van der Waals surface area contributed by atoms with E-state index in [1.807, 2.05) is 11.0 Å². The Morgan fingerprint density at radius 2 is 2.18 bits per heavy atom. The average Bonchev–Trinajstić information content (AvgIpc) is 2.99. The molecule has 0 aliphatic carbocycles. The van der Waals surface area contributed by atoms with E-state index < -0.39 is 11.6 Å². The quantitative estimate of drug-likeness (QED) is 0.874. The molecular formula is C16H14F2N4. The van der Waals surface area contributed by atoms with Crippen LogP contribution in [-0.4, -0.2) is 22.6 Å². The molecule has 1 aliphatic rings. The Balaban J connectivity index is 1.84. The molecule has 0 radical (unpaired) electrons. The van der Waals surface area contributed by atoms with Gasteiger partial charge in [0.2, 0.25) is 0 Å². The molecule has 3 rings (SSSR count). The zero-order valence-corrected chi connectivity index (χ0v) is 11.8. The summed E-state index contributed by atoms with van der Waals surface area (Å²) in [5.74, 6) is -0.226. The Hall–Kier alpha value is -2.55. The molecule has 0 N–H and O–H groups in total. The van der Waals surface area contributed by atoms with Crippen LogP contribution in [0.1, 0.15) is 24.1 Å². The summed E-state index contributed by atoms with van der Waals surface area (Å²) in [7, 11) is 0. The minimum absolute atomic E-state index is 0.0274. The molecular weight excluding hydrogens is 286 g/mol. The molecule has 4 nitrogen and oxygen atoms in total.